The van der Waals surface area contributed by atoms with Crippen molar-refractivity contribution in [1.29, 1.82) is 5.41 Å². The standard InChI is InChI=1S/C12H10FN3/c13-9-3-1-2-8(6-9)12(15)10-7-16-5-4-11(10)14/h1-7,15H,(H2,14,16). The van der Waals surface area contributed by atoms with Gasteiger partial charge in [0.05, 0.1) is 5.71 Å². The first-order valence-corrected chi connectivity index (χ1v) is 4.73. The van der Waals surface area contributed by atoms with Crippen molar-refractivity contribution < 1.29 is 4.39 Å². The number of rotatable bonds is 2. The summed E-state index contributed by atoms with van der Waals surface area (Å²) in [6.07, 6.45) is 3.06. The third-order valence-electron chi connectivity index (χ3n) is 2.24. The second-order valence-corrected chi connectivity index (χ2v) is 3.35. The summed E-state index contributed by atoms with van der Waals surface area (Å²) < 4.78 is 13.0. The van der Waals surface area contributed by atoms with E-state index in [1.165, 1.54) is 18.3 Å². The molecule has 80 valence electrons. The van der Waals surface area contributed by atoms with Gasteiger partial charge in [-0.2, -0.15) is 0 Å². The molecule has 0 aliphatic carbocycles. The minimum Gasteiger partial charge on any atom is -0.398 e. The van der Waals surface area contributed by atoms with Crippen molar-refractivity contribution in [3.8, 4) is 0 Å². The van der Waals surface area contributed by atoms with Gasteiger partial charge in [-0.25, -0.2) is 4.39 Å². The van der Waals surface area contributed by atoms with Crippen LogP contribution >= 0.6 is 0 Å². The summed E-state index contributed by atoms with van der Waals surface area (Å²) in [6, 6.07) is 7.48. The lowest BCUT2D eigenvalue weighted by Gasteiger charge is -2.06. The van der Waals surface area contributed by atoms with E-state index < -0.39 is 0 Å². The van der Waals surface area contributed by atoms with Crippen LogP contribution in [0, 0.1) is 11.2 Å². The summed E-state index contributed by atoms with van der Waals surface area (Å²) in [5.41, 5.74) is 7.35. The maximum atomic E-state index is 13.0. The molecule has 1 aromatic carbocycles. The summed E-state index contributed by atoms with van der Waals surface area (Å²) >= 11 is 0. The van der Waals surface area contributed by atoms with E-state index in [2.05, 4.69) is 4.98 Å². The summed E-state index contributed by atoms with van der Waals surface area (Å²) in [7, 11) is 0. The molecule has 0 radical (unpaired) electrons. The van der Waals surface area contributed by atoms with Crippen LogP contribution in [-0.4, -0.2) is 10.7 Å². The third-order valence-corrected chi connectivity index (χ3v) is 2.24. The van der Waals surface area contributed by atoms with Crippen molar-refractivity contribution in [3.63, 3.8) is 0 Å². The highest BCUT2D eigenvalue weighted by molar-refractivity contribution is 6.13. The number of benzene rings is 1. The van der Waals surface area contributed by atoms with Gasteiger partial charge in [-0.05, 0) is 18.2 Å². The first-order chi connectivity index (χ1) is 7.68. The van der Waals surface area contributed by atoms with Crippen LogP contribution in [0.4, 0.5) is 10.1 Å². The Morgan fingerprint density at radius 2 is 2.12 bits per heavy atom. The highest BCUT2D eigenvalue weighted by atomic mass is 19.1. The molecule has 0 spiro atoms. The molecule has 0 aliphatic heterocycles. The van der Waals surface area contributed by atoms with Gasteiger partial charge >= 0.3 is 0 Å². The quantitative estimate of drug-likeness (QED) is 0.754. The molecule has 1 heterocycles. The van der Waals surface area contributed by atoms with Gasteiger partial charge in [-0.1, -0.05) is 12.1 Å². The molecule has 0 bridgehead atoms. The summed E-state index contributed by atoms with van der Waals surface area (Å²) in [5.74, 6) is -0.371. The fraction of sp³-hybridized carbons (Fsp3) is 0. The van der Waals surface area contributed by atoms with Crippen molar-refractivity contribution in [1.82, 2.24) is 4.98 Å². The largest absolute Gasteiger partial charge is 0.398 e. The predicted molar refractivity (Wildman–Crippen MR) is 61.0 cm³/mol. The van der Waals surface area contributed by atoms with Gasteiger partial charge in [0, 0.05) is 29.2 Å². The van der Waals surface area contributed by atoms with Crippen LogP contribution in [0.5, 0.6) is 0 Å². The highest BCUT2D eigenvalue weighted by Crippen LogP contribution is 2.15. The number of nitrogens with one attached hydrogen (secondary N) is 1. The number of halogens is 1. The first-order valence-electron chi connectivity index (χ1n) is 4.73. The Hall–Kier alpha value is -2.23. The number of nitrogens with zero attached hydrogens (tertiary/aromatic N) is 1. The molecule has 1 aromatic heterocycles. The number of nitrogens with two attached hydrogens (primary N) is 1. The number of hydrogen-bond acceptors (Lipinski definition) is 3. The Labute approximate surface area is 92.3 Å². The fourth-order valence-electron chi connectivity index (χ4n) is 1.41. The third kappa shape index (κ3) is 1.91. The van der Waals surface area contributed by atoms with Crippen molar-refractivity contribution >= 4 is 11.4 Å². The fourth-order valence-corrected chi connectivity index (χ4v) is 1.41. The monoisotopic (exact) mass is 215 g/mol. The molecule has 3 nitrogen and oxygen atoms in total. The second kappa shape index (κ2) is 4.10. The van der Waals surface area contributed by atoms with Gasteiger partial charge in [0.15, 0.2) is 0 Å². The average Bonchev–Trinajstić information content (AvgIpc) is 2.29. The van der Waals surface area contributed by atoms with Crippen LogP contribution in [-0.2, 0) is 0 Å². The predicted octanol–water partition coefficient (Wildman–Crippen LogP) is 2.22. The van der Waals surface area contributed by atoms with Crippen molar-refractivity contribution in [2.75, 3.05) is 5.73 Å². The number of anilines is 1. The van der Waals surface area contributed by atoms with E-state index in [9.17, 15) is 4.39 Å². The summed E-state index contributed by atoms with van der Waals surface area (Å²) in [6.45, 7) is 0. The van der Waals surface area contributed by atoms with Crippen LogP contribution in [0.25, 0.3) is 0 Å². The van der Waals surface area contributed by atoms with Crippen molar-refractivity contribution in [2.45, 2.75) is 0 Å². The highest BCUT2D eigenvalue weighted by Gasteiger charge is 2.08. The molecule has 0 saturated carbocycles. The van der Waals surface area contributed by atoms with E-state index in [4.69, 9.17) is 11.1 Å². The van der Waals surface area contributed by atoms with Gasteiger partial charge in [0.1, 0.15) is 5.82 Å². The van der Waals surface area contributed by atoms with E-state index >= 15 is 0 Å². The van der Waals surface area contributed by atoms with Crippen LogP contribution in [0.15, 0.2) is 42.7 Å². The van der Waals surface area contributed by atoms with Crippen molar-refractivity contribution in [3.05, 3.63) is 59.7 Å². The van der Waals surface area contributed by atoms with Crippen LogP contribution < -0.4 is 5.73 Å². The van der Waals surface area contributed by atoms with E-state index in [0.717, 1.165) is 0 Å². The minimum atomic E-state index is -0.371. The second-order valence-electron chi connectivity index (χ2n) is 3.35. The maximum absolute atomic E-state index is 13.0. The zero-order valence-electron chi connectivity index (χ0n) is 8.44. The molecule has 4 heteroatoms. The molecule has 2 rings (SSSR count). The van der Waals surface area contributed by atoms with E-state index in [-0.39, 0.29) is 11.5 Å². The maximum Gasteiger partial charge on any atom is 0.123 e. The van der Waals surface area contributed by atoms with Crippen molar-refractivity contribution in [2.24, 2.45) is 0 Å². The zero-order chi connectivity index (χ0) is 11.5. The number of hydrogen-bond donors (Lipinski definition) is 2. The Balaban J connectivity index is 2.44. The van der Waals surface area contributed by atoms with Gasteiger partial charge in [-0.3, -0.25) is 10.4 Å². The van der Waals surface area contributed by atoms with Gasteiger partial charge < -0.3 is 5.73 Å². The first kappa shape index (κ1) is 10.3. The minimum absolute atomic E-state index is 0.171. The summed E-state index contributed by atoms with van der Waals surface area (Å²) in [4.78, 5) is 3.90. The molecule has 16 heavy (non-hydrogen) atoms. The zero-order valence-corrected chi connectivity index (χ0v) is 8.44. The van der Waals surface area contributed by atoms with Crippen LogP contribution in [0.1, 0.15) is 11.1 Å². The molecule has 2 aromatic rings. The number of aromatic nitrogens is 1. The van der Waals surface area contributed by atoms with E-state index in [1.807, 2.05) is 0 Å². The Morgan fingerprint density at radius 3 is 2.81 bits per heavy atom. The smallest absolute Gasteiger partial charge is 0.123 e. The normalized spacial score (nSPS) is 10.1. The molecule has 0 fully saturated rings. The Kier molecular flexibility index (Phi) is 2.64. The lowest BCUT2D eigenvalue weighted by Crippen LogP contribution is -2.06. The number of pyridine rings is 1. The number of nitrogen functional groups attached to an aromatic ring is 1. The SMILES string of the molecule is N=C(c1cccc(F)c1)c1cnccc1N. The molecule has 0 saturated heterocycles. The van der Waals surface area contributed by atoms with Gasteiger partial charge in [0.25, 0.3) is 0 Å². The average molecular weight is 215 g/mol. The molecule has 3 N–H and O–H groups in total. The molecule has 0 aliphatic rings. The lowest BCUT2D eigenvalue weighted by atomic mass is 10.0. The lowest BCUT2D eigenvalue weighted by molar-refractivity contribution is 0.627. The molecule has 0 unspecified atom stereocenters. The Morgan fingerprint density at radius 1 is 1.31 bits per heavy atom. The van der Waals surface area contributed by atoms with Crippen LogP contribution in [0.2, 0.25) is 0 Å². The van der Waals surface area contributed by atoms with Gasteiger partial charge in [0.2, 0.25) is 0 Å². The Bertz CT molecular complexity index is 537. The van der Waals surface area contributed by atoms with E-state index in [0.29, 0.717) is 16.8 Å². The van der Waals surface area contributed by atoms with E-state index in [1.54, 1.807) is 24.4 Å². The molecular formula is C12H10FN3. The summed E-state index contributed by atoms with van der Waals surface area (Å²) in [5, 5.41) is 7.92. The topological polar surface area (TPSA) is 62.8 Å². The van der Waals surface area contributed by atoms with Gasteiger partial charge in [-0.15, -0.1) is 0 Å². The van der Waals surface area contributed by atoms with Crippen LogP contribution in [0.3, 0.4) is 0 Å². The molecule has 0 amide bonds. The molecule has 0 atom stereocenters. The molecular weight excluding hydrogens is 205 g/mol.